The minimum atomic E-state index is -0.221. The first-order valence-electron chi connectivity index (χ1n) is 6.99. The largest absolute Gasteiger partial charge is 0.497 e. The van der Waals surface area contributed by atoms with Crippen LogP contribution >= 0.6 is 36.6 Å². The Bertz CT molecular complexity index is 661. The highest BCUT2D eigenvalue weighted by Gasteiger charge is 2.30. The monoisotopic (exact) mass is 387 g/mol. The van der Waals surface area contributed by atoms with E-state index in [1.165, 1.54) is 0 Å². The minimum Gasteiger partial charge on any atom is -0.497 e. The van der Waals surface area contributed by atoms with Gasteiger partial charge in [-0.25, -0.2) is 0 Å². The maximum absolute atomic E-state index is 12.3. The predicted molar refractivity (Wildman–Crippen MR) is 102 cm³/mol. The molecular weight excluding hydrogens is 369 g/mol. The van der Waals surface area contributed by atoms with Crippen LogP contribution in [0.3, 0.4) is 0 Å². The summed E-state index contributed by atoms with van der Waals surface area (Å²) in [6, 6.07) is 11.0. The van der Waals surface area contributed by atoms with Crippen LogP contribution in [-0.2, 0) is 4.79 Å². The zero-order valence-corrected chi connectivity index (χ0v) is 15.4. The number of nitrogens with zero attached hydrogens (tertiary/aromatic N) is 1. The molecule has 1 aromatic heterocycles. The average molecular weight is 388 g/mol. The Hall–Kier alpha value is -1.47. The number of methoxy groups -OCH3 is 1. The molecule has 5 nitrogen and oxygen atoms in total. The highest BCUT2D eigenvalue weighted by molar-refractivity contribution is 7.99. The first-order valence-corrected chi connectivity index (χ1v) is 8.03. The molecule has 130 valence electrons. The molecule has 2 heterocycles. The molecule has 2 unspecified atom stereocenters. The number of hydrogen-bond acceptors (Lipinski definition) is 5. The summed E-state index contributed by atoms with van der Waals surface area (Å²) < 4.78 is 5.16. The number of thioether (sulfide) groups is 1. The molecule has 2 atom stereocenters. The highest BCUT2D eigenvalue weighted by atomic mass is 35.5. The van der Waals surface area contributed by atoms with Crippen molar-refractivity contribution in [2.75, 3.05) is 18.2 Å². The van der Waals surface area contributed by atoms with Gasteiger partial charge in [0.2, 0.25) is 5.91 Å². The number of rotatable bonds is 4. The second-order valence-electron chi connectivity index (χ2n) is 4.94. The van der Waals surface area contributed by atoms with Gasteiger partial charge < -0.3 is 10.1 Å². The van der Waals surface area contributed by atoms with Gasteiger partial charge in [-0.05, 0) is 23.8 Å². The van der Waals surface area contributed by atoms with Crippen molar-refractivity contribution in [2.24, 2.45) is 0 Å². The van der Waals surface area contributed by atoms with Gasteiger partial charge in [-0.1, -0.05) is 12.1 Å². The zero-order valence-electron chi connectivity index (χ0n) is 13.0. The van der Waals surface area contributed by atoms with Crippen molar-refractivity contribution >= 4 is 48.2 Å². The molecule has 2 N–H and O–H groups in total. The van der Waals surface area contributed by atoms with Crippen LogP contribution in [-0.4, -0.2) is 29.8 Å². The Morgan fingerprint density at radius 3 is 2.88 bits per heavy atom. The van der Waals surface area contributed by atoms with Crippen molar-refractivity contribution in [3.8, 4) is 5.75 Å². The summed E-state index contributed by atoms with van der Waals surface area (Å²) >= 11 is 1.71. The van der Waals surface area contributed by atoms with Crippen molar-refractivity contribution < 1.29 is 9.53 Å². The molecule has 3 rings (SSSR count). The number of pyridine rings is 1. The summed E-state index contributed by atoms with van der Waals surface area (Å²) in [5, 5.41) is 6.36. The lowest BCUT2D eigenvalue weighted by atomic mass is 10.2. The Labute approximate surface area is 157 Å². The lowest BCUT2D eigenvalue weighted by Crippen LogP contribution is -2.38. The third-order valence-electron chi connectivity index (χ3n) is 3.42. The number of carbonyl (C=O) groups excluding carboxylic acids is 1. The molecule has 1 amide bonds. The average Bonchev–Trinajstić information content (AvgIpc) is 3.06. The van der Waals surface area contributed by atoms with Gasteiger partial charge in [0.25, 0.3) is 0 Å². The Balaban J connectivity index is 0.00000144. The molecule has 2 aromatic rings. The van der Waals surface area contributed by atoms with E-state index >= 15 is 0 Å². The summed E-state index contributed by atoms with van der Waals surface area (Å²) in [4.78, 5) is 16.5. The van der Waals surface area contributed by atoms with Crippen LogP contribution in [0.25, 0.3) is 0 Å². The summed E-state index contributed by atoms with van der Waals surface area (Å²) in [6.07, 6.45) is 3.57. The SMILES string of the molecule is COc1cccc(NC(=O)C2CSC(c3cccnc3)N2)c1.Cl.Cl. The number of ether oxygens (including phenoxy) is 1. The fraction of sp³-hybridized carbons (Fsp3) is 0.250. The van der Waals surface area contributed by atoms with E-state index in [0.29, 0.717) is 0 Å². The Morgan fingerprint density at radius 1 is 1.33 bits per heavy atom. The lowest BCUT2D eigenvalue weighted by Gasteiger charge is -2.14. The van der Waals surface area contributed by atoms with E-state index < -0.39 is 0 Å². The summed E-state index contributed by atoms with van der Waals surface area (Å²) in [5.74, 6) is 1.42. The number of anilines is 1. The number of carbonyl (C=O) groups is 1. The molecule has 1 saturated heterocycles. The van der Waals surface area contributed by atoms with Crippen molar-refractivity contribution in [3.63, 3.8) is 0 Å². The van der Waals surface area contributed by atoms with Gasteiger partial charge in [0.1, 0.15) is 5.75 Å². The van der Waals surface area contributed by atoms with Gasteiger partial charge in [0, 0.05) is 29.9 Å². The van der Waals surface area contributed by atoms with Crippen LogP contribution in [0, 0.1) is 0 Å². The second kappa shape index (κ2) is 9.74. The fourth-order valence-electron chi connectivity index (χ4n) is 2.28. The molecule has 0 bridgehead atoms. The number of hydrogen-bond donors (Lipinski definition) is 2. The lowest BCUT2D eigenvalue weighted by molar-refractivity contribution is -0.117. The van der Waals surface area contributed by atoms with E-state index in [0.717, 1.165) is 22.8 Å². The molecule has 1 aliphatic rings. The van der Waals surface area contributed by atoms with Crippen LogP contribution in [0.5, 0.6) is 5.75 Å². The minimum absolute atomic E-state index is 0. The summed E-state index contributed by atoms with van der Waals surface area (Å²) in [5.41, 5.74) is 1.82. The van der Waals surface area contributed by atoms with E-state index in [1.54, 1.807) is 31.1 Å². The van der Waals surface area contributed by atoms with Gasteiger partial charge in [0.05, 0.1) is 18.5 Å². The number of benzene rings is 1. The molecule has 0 saturated carbocycles. The van der Waals surface area contributed by atoms with E-state index in [9.17, 15) is 4.79 Å². The maximum atomic E-state index is 12.3. The van der Waals surface area contributed by atoms with Gasteiger partial charge >= 0.3 is 0 Å². The molecule has 0 aliphatic carbocycles. The molecule has 0 spiro atoms. The van der Waals surface area contributed by atoms with Crippen molar-refractivity contribution in [3.05, 3.63) is 54.4 Å². The van der Waals surface area contributed by atoms with Gasteiger partial charge in [0.15, 0.2) is 0 Å². The van der Waals surface area contributed by atoms with Gasteiger partial charge in [-0.2, -0.15) is 0 Å². The molecule has 1 aliphatic heterocycles. The molecule has 8 heteroatoms. The standard InChI is InChI=1S/C16H17N3O2S.2ClH/c1-21-13-6-2-5-12(8-13)18-15(20)14-10-22-16(19-14)11-4-3-7-17-9-11;;/h2-9,14,16,19H,10H2,1H3,(H,18,20);2*1H. The van der Waals surface area contributed by atoms with E-state index in [-0.39, 0.29) is 42.1 Å². The third kappa shape index (κ3) is 5.01. The summed E-state index contributed by atoms with van der Waals surface area (Å²) in [6.45, 7) is 0. The highest BCUT2D eigenvalue weighted by Crippen LogP contribution is 2.32. The number of amides is 1. The van der Waals surface area contributed by atoms with Crippen LogP contribution < -0.4 is 15.4 Å². The van der Waals surface area contributed by atoms with Crippen molar-refractivity contribution in [1.29, 1.82) is 0 Å². The van der Waals surface area contributed by atoms with Crippen LogP contribution in [0.4, 0.5) is 5.69 Å². The molecule has 1 fully saturated rings. The topological polar surface area (TPSA) is 63.2 Å². The Kier molecular flexibility index (Phi) is 8.35. The quantitative estimate of drug-likeness (QED) is 0.842. The molecular formula is C16H19Cl2N3O2S. The fourth-order valence-corrected chi connectivity index (χ4v) is 3.50. The van der Waals surface area contributed by atoms with E-state index in [2.05, 4.69) is 15.6 Å². The molecule has 1 aromatic carbocycles. The number of halogens is 2. The first-order chi connectivity index (χ1) is 10.8. The van der Waals surface area contributed by atoms with Crippen molar-refractivity contribution in [2.45, 2.75) is 11.4 Å². The smallest absolute Gasteiger partial charge is 0.242 e. The maximum Gasteiger partial charge on any atom is 0.242 e. The first kappa shape index (κ1) is 20.6. The Morgan fingerprint density at radius 2 is 2.17 bits per heavy atom. The van der Waals surface area contributed by atoms with E-state index in [4.69, 9.17) is 4.74 Å². The van der Waals surface area contributed by atoms with Crippen LogP contribution in [0.15, 0.2) is 48.8 Å². The third-order valence-corrected chi connectivity index (χ3v) is 4.69. The van der Waals surface area contributed by atoms with Gasteiger partial charge in [-0.3, -0.25) is 15.1 Å². The van der Waals surface area contributed by atoms with E-state index in [1.807, 2.05) is 36.5 Å². The molecule has 24 heavy (non-hydrogen) atoms. The molecule has 0 radical (unpaired) electrons. The number of nitrogens with one attached hydrogen (secondary N) is 2. The van der Waals surface area contributed by atoms with Crippen LogP contribution in [0.1, 0.15) is 10.9 Å². The zero-order chi connectivity index (χ0) is 15.4. The van der Waals surface area contributed by atoms with Gasteiger partial charge in [-0.15, -0.1) is 36.6 Å². The van der Waals surface area contributed by atoms with Crippen molar-refractivity contribution in [1.82, 2.24) is 10.3 Å². The normalized spacial score (nSPS) is 18.9. The predicted octanol–water partition coefficient (Wildman–Crippen LogP) is 3.28. The van der Waals surface area contributed by atoms with Crippen LogP contribution in [0.2, 0.25) is 0 Å². The second-order valence-corrected chi connectivity index (χ2v) is 6.08. The number of aromatic nitrogens is 1. The summed E-state index contributed by atoms with van der Waals surface area (Å²) in [7, 11) is 1.61.